The van der Waals surface area contributed by atoms with Crippen LogP contribution in [0.1, 0.15) is 24.8 Å². The van der Waals surface area contributed by atoms with Gasteiger partial charge < -0.3 is 5.11 Å². The van der Waals surface area contributed by atoms with Crippen molar-refractivity contribution < 1.29 is 9.90 Å². The van der Waals surface area contributed by atoms with Crippen LogP contribution in [-0.2, 0) is 4.79 Å². The van der Waals surface area contributed by atoms with E-state index in [1.54, 1.807) is 18.7 Å². The molecule has 1 aliphatic rings. The Morgan fingerprint density at radius 2 is 2.44 bits per heavy atom. The van der Waals surface area contributed by atoms with Crippen molar-refractivity contribution in [1.82, 2.24) is 0 Å². The molecule has 0 saturated carbocycles. The Balaban J connectivity index is 2.17. The second-order valence-corrected chi connectivity index (χ2v) is 5.66. The fraction of sp³-hybridized carbons (Fsp3) is 0.417. The Kier molecular flexibility index (Phi) is 3.45. The van der Waals surface area contributed by atoms with Gasteiger partial charge in [-0.3, -0.25) is 4.79 Å². The molecule has 0 radical (unpaired) electrons. The molecule has 0 fully saturated rings. The monoisotopic (exact) mass is 256 g/mol. The van der Waals surface area contributed by atoms with Gasteiger partial charge in [0.05, 0.1) is 5.92 Å². The molecule has 0 aromatic heterocycles. The second kappa shape index (κ2) is 4.68. The Hall–Kier alpha value is -0.670. The zero-order valence-corrected chi connectivity index (χ0v) is 10.5. The van der Waals surface area contributed by atoms with Crippen LogP contribution in [0.3, 0.4) is 0 Å². The van der Waals surface area contributed by atoms with E-state index in [0.29, 0.717) is 12.3 Å². The first-order chi connectivity index (χ1) is 7.58. The van der Waals surface area contributed by atoms with Gasteiger partial charge in [-0.05, 0) is 36.1 Å². The predicted octanol–water partition coefficient (Wildman–Crippen LogP) is 3.64. The smallest absolute Gasteiger partial charge is 0.306 e. The first-order valence-electron chi connectivity index (χ1n) is 5.23. The number of benzene rings is 1. The van der Waals surface area contributed by atoms with Crippen molar-refractivity contribution in [1.29, 1.82) is 0 Å². The van der Waals surface area contributed by atoms with Crippen LogP contribution in [0.2, 0.25) is 5.02 Å². The van der Waals surface area contributed by atoms with Gasteiger partial charge in [-0.25, -0.2) is 0 Å². The zero-order chi connectivity index (χ0) is 11.7. The Labute approximate surface area is 104 Å². The van der Waals surface area contributed by atoms with Crippen LogP contribution >= 0.6 is 23.4 Å². The molecule has 2 nitrogen and oxygen atoms in total. The quantitative estimate of drug-likeness (QED) is 0.897. The average molecular weight is 257 g/mol. The molecule has 4 heteroatoms. The van der Waals surface area contributed by atoms with Crippen molar-refractivity contribution >= 4 is 29.3 Å². The van der Waals surface area contributed by atoms with Gasteiger partial charge in [0.2, 0.25) is 0 Å². The number of carboxylic acids is 1. The minimum absolute atomic E-state index is 0.296. The molecule has 1 N–H and O–H groups in total. The molecule has 0 aliphatic carbocycles. The maximum Gasteiger partial charge on any atom is 0.306 e. The van der Waals surface area contributed by atoms with E-state index in [0.717, 1.165) is 10.8 Å². The summed E-state index contributed by atoms with van der Waals surface area (Å²) in [4.78, 5) is 12.1. The predicted molar refractivity (Wildman–Crippen MR) is 66.3 cm³/mol. The van der Waals surface area contributed by atoms with E-state index in [-0.39, 0.29) is 5.92 Å². The molecule has 1 aliphatic heterocycles. The normalized spacial score (nSPS) is 20.5. The fourth-order valence-corrected chi connectivity index (χ4v) is 3.41. The number of hydrogen-bond acceptors (Lipinski definition) is 2. The van der Waals surface area contributed by atoms with Gasteiger partial charge in [0.1, 0.15) is 0 Å². The lowest BCUT2D eigenvalue weighted by Gasteiger charge is -2.13. The molecule has 16 heavy (non-hydrogen) atoms. The zero-order valence-electron chi connectivity index (χ0n) is 8.94. The number of rotatable bonds is 3. The number of halogens is 1. The summed E-state index contributed by atoms with van der Waals surface area (Å²) in [6.45, 7) is 1.76. The maximum absolute atomic E-state index is 10.8. The molecule has 0 saturated heterocycles. The summed E-state index contributed by atoms with van der Waals surface area (Å²) in [5.74, 6) is 0.272. The van der Waals surface area contributed by atoms with Crippen molar-refractivity contribution in [3.8, 4) is 0 Å². The van der Waals surface area contributed by atoms with Crippen LogP contribution in [0.5, 0.6) is 0 Å². The fourth-order valence-electron chi connectivity index (χ4n) is 1.97. The van der Waals surface area contributed by atoms with Crippen molar-refractivity contribution in [2.24, 2.45) is 5.92 Å². The van der Waals surface area contributed by atoms with Crippen LogP contribution in [-0.4, -0.2) is 16.8 Å². The molecule has 0 bridgehead atoms. The van der Waals surface area contributed by atoms with Crippen molar-refractivity contribution in [2.75, 3.05) is 5.75 Å². The van der Waals surface area contributed by atoms with Crippen LogP contribution in [0.25, 0.3) is 0 Å². The number of carbonyl (C=O) groups is 1. The van der Waals surface area contributed by atoms with Crippen molar-refractivity contribution in [3.05, 3.63) is 28.8 Å². The summed E-state index contributed by atoms with van der Waals surface area (Å²) in [6, 6.07) is 5.88. The first-order valence-corrected chi connectivity index (χ1v) is 6.59. The van der Waals surface area contributed by atoms with E-state index in [4.69, 9.17) is 16.7 Å². The van der Waals surface area contributed by atoms with E-state index in [1.165, 1.54) is 10.5 Å². The van der Waals surface area contributed by atoms with Crippen LogP contribution in [0.4, 0.5) is 0 Å². The minimum atomic E-state index is -0.722. The number of hydrogen-bond donors (Lipinski definition) is 1. The largest absolute Gasteiger partial charge is 0.481 e. The van der Waals surface area contributed by atoms with Crippen LogP contribution in [0.15, 0.2) is 23.1 Å². The third kappa shape index (κ3) is 2.36. The Morgan fingerprint density at radius 1 is 1.69 bits per heavy atom. The molecular formula is C12H13ClO2S. The second-order valence-electron chi connectivity index (χ2n) is 4.17. The van der Waals surface area contributed by atoms with E-state index < -0.39 is 5.97 Å². The number of thioether (sulfide) groups is 1. The highest BCUT2D eigenvalue weighted by molar-refractivity contribution is 7.99. The van der Waals surface area contributed by atoms with E-state index >= 15 is 0 Å². The molecule has 2 unspecified atom stereocenters. The van der Waals surface area contributed by atoms with Crippen molar-refractivity contribution in [3.63, 3.8) is 0 Å². The standard InChI is InChI=1S/C12H13ClO2S/c1-7(12(14)15)4-8-6-16-11-3-2-9(13)5-10(8)11/h2-3,5,7-8H,4,6H2,1H3,(H,14,15). The third-order valence-electron chi connectivity index (χ3n) is 2.91. The Bertz CT molecular complexity index is 419. The van der Waals surface area contributed by atoms with Gasteiger partial charge in [-0.15, -0.1) is 11.8 Å². The maximum atomic E-state index is 10.8. The van der Waals surface area contributed by atoms with Gasteiger partial charge in [-0.2, -0.15) is 0 Å². The highest BCUT2D eigenvalue weighted by Gasteiger charge is 2.26. The summed E-state index contributed by atoms with van der Waals surface area (Å²) in [5.41, 5.74) is 1.21. The summed E-state index contributed by atoms with van der Waals surface area (Å²) in [7, 11) is 0. The summed E-state index contributed by atoms with van der Waals surface area (Å²) >= 11 is 7.75. The van der Waals surface area contributed by atoms with Crippen LogP contribution in [0, 0.1) is 5.92 Å². The molecule has 0 amide bonds. The minimum Gasteiger partial charge on any atom is -0.481 e. The lowest BCUT2D eigenvalue weighted by molar-refractivity contribution is -0.141. The molecule has 0 spiro atoms. The van der Waals surface area contributed by atoms with E-state index in [9.17, 15) is 4.79 Å². The van der Waals surface area contributed by atoms with Crippen LogP contribution < -0.4 is 0 Å². The topological polar surface area (TPSA) is 37.3 Å². The third-order valence-corrected chi connectivity index (χ3v) is 4.40. The summed E-state index contributed by atoms with van der Waals surface area (Å²) in [5, 5.41) is 9.64. The lowest BCUT2D eigenvalue weighted by Crippen LogP contribution is -2.13. The van der Waals surface area contributed by atoms with Gasteiger partial charge >= 0.3 is 5.97 Å². The molecule has 86 valence electrons. The van der Waals surface area contributed by atoms with Crippen molar-refractivity contribution in [2.45, 2.75) is 24.2 Å². The van der Waals surface area contributed by atoms with Gasteiger partial charge in [0, 0.05) is 15.7 Å². The van der Waals surface area contributed by atoms with Gasteiger partial charge in [0.25, 0.3) is 0 Å². The van der Waals surface area contributed by atoms with E-state index in [1.807, 2.05) is 18.2 Å². The molecule has 1 aromatic rings. The summed E-state index contributed by atoms with van der Waals surface area (Å²) in [6.07, 6.45) is 0.690. The number of carboxylic acid groups (broad SMARTS) is 1. The van der Waals surface area contributed by atoms with Gasteiger partial charge in [-0.1, -0.05) is 18.5 Å². The molecule has 2 atom stereocenters. The highest BCUT2D eigenvalue weighted by atomic mass is 35.5. The highest BCUT2D eigenvalue weighted by Crippen LogP contribution is 2.43. The van der Waals surface area contributed by atoms with Gasteiger partial charge in [0.15, 0.2) is 0 Å². The molecular weight excluding hydrogens is 244 g/mol. The Morgan fingerprint density at radius 3 is 3.12 bits per heavy atom. The molecule has 1 aromatic carbocycles. The SMILES string of the molecule is CC(CC1CSc2ccc(Cl)cc21)C(=O)O. The van der Waals surface area contributed by atoms with E-state index in [2.05, 4.69) is 0 Å². The average Bonchev–Trinajstić information content (AvgIpc) is 2.61. The molecule has 2 rings (SSSR count). The first kappa shape index (κ1) is 11.8. The lowest BCUT2D eigenvalue weighted by atomic mass is 9.91. The number of aliphatic carboxylic acids is 1. The summed E-state index contributed by atoms with van der Waals surface area (Å²) < 4.78 is 0. The molecule has 1 heterocycles. The number of fused-ring (bicyclic) bond motifs is 1.